The molecule has 2 rings (SSSR count). The number of rotatable bonds is 4. The van der Waals surface area contributed by atoms with Crippen LogP contribution in [0.15, 0.2) is 22.7 Å². The summed E-state index contributed by atoms with van der Waals surface area (Å²) in [6.07, 6.45) is 6.53. The summed E-state index contributed by atoms with van der Waals surface area (Å²) in [4.78, 5) is 0. The lowest BCUT2D eigenvalue weighted by Gasteiger charge is -2.21. The molecule has 0 aliphatic heterocycles. The van der Waals surface area contributed by atoms with Gasteiger partial charge >= 0.3 is 0 Å². The highest BCUT2D eigenvalue weighted by Gasteiger charge is 2.13. The second-order valence-corrected chi connectivity index (χ2v) is 5.67. The SMILES string of the molecule is Fc1cc(Br)ccc1COCC1CCCCC1. The average molecular weight is 301 g/mol. The van der Waals surface area contributed by atoms with Crippen molar-refractivity contribution in [3.05, 3.63) is 34.1 Å². The molecule has 0 N–H and O–H groups in total. The van der Waals surface area contributed by atoms with Gasteiger partial charge in [0.25, 0.3) is 0 Å². The first-order valence-electron chi connectivity index (χ1n) is 6.27. The van der Waals surface area contributed by atoms with Gasteiger partial charge in [-0.05, 0) is 30.9 Å². The van der Waals surface area contributed by atoms with Crippen LogP contribution in [0, 0.1) is 11.7 Å². The topological polar surface area (TPSA) is 9.23 Å². The molecular weight excluding hydrogens is 283 g/mol. The van der Waals surface area contributed by atoms with E-state index in [2.05, 4.69) is 15.9 Å². The Labute approximate surface area is 110 Å². The minimum absolute atomic E-state index is 0.192. The minimum Gasteiger partial charge on any atom is -0.376 e. The summed E-state index contributed by atoms with van der Waals surface area (Å²) >= 11 is 3.25. The predicted octanol–water partition coefficient (Wildman–Crippen LogP) is 4.69. The van der Waals surface area contributed by atoms with E-state index in [1.807, 2.05) is 6.07 Å². The minimum atomic E-state index is -0.192. The molecule has 0 bridgehead atoms. The molecule has 0 radical (unpaired) electrons. The van der Waals surface area contributed by atoms with Gasteiger partial charge in [-0.1, -0.05) is 41.3 Å². The van der Waals surface area contributed by atoms with Gasteiger partial charge in [-0.3, -0.25) is 0 Å². The maximum Gasteiger partial charge on any atom is 0.129 e. The van der Waals surface area contributed by atoms with Crippen molar-refractivity contribution in [1.82, 2.24) is 0 Å². The van der Waals surface area contributed by atoms with E-state index >= 15 is 0 Å². The molecule has 94 valence electrons. The van der Waals surface area contributed by atoms with Crippen molar-refractivity contribution in [1.29, 1.82) is 0 Å². The molecule has 0 spiro atoms. The van der Waals surface area contributed by atoms with Gasteiger partial charge in [-0.2, -0.15) is 0 Å². The highest BCUT2D eigenvalue weighted by molar-refractivity contribution is 9.10. The van der Waals surface area contributed by atoms with Crippen molar-refractivity contribution in [3.8, 4) is 0 Å². The third kappa shape index (κ3) is 4.07. The van der Waals surface area contributed by atoms with E-state index in [1.54, 1.807) is 6.07 Å². The Balaban J connectivity index is 1.77. The zero-order chi connectivity index (χ0) is 12.1. The molecule has 1 saturated carbocycles. The highest BCUT2D eigenvalue weighted by Crippen LogP contribution is 2.24. The number of hydrogen-bond donors (Lipinski definition) is 0. The molecule has 0 unspecified atom stereocenters. The standard InChI is InChI=1S/C14H18BrFO/c15-13-7-6-12(14(16)8-13)10-17-9-11-4-2-1-3-5-11/h6-8,11H,1-5,9-10H2. The van der Waals surface area contributed by atoms with Crippen molar-refractivity contribution in [2.45, 2.75) is 38.7 Å². The molecule has 1 aliphatic carbocycles. The maximum absolute atomic E-state index is 13.5. The molecule has 0 saturated heterocycles. The molecule has 0 aromatic heterocycles. The third-order valence-electron chi connectivity index (χ3n) is 3.35. The first-order valence-corrected chi connectivity index (χ1v) is 7.06. The average Bonchev–Trinajstić information content (AvgIpc) is 2.33. The Bertz CT molecular complexity index is 361. The van der Waals surface area contributed by atoms with Crippen LogP contribution in [0.4, 0.5) is 4.39 Å². The molecule has 1 aromatic rings. The normalized spacial score (nSPS) is 17.3. The number of ether oxygens (including phenoxy) is 1. The van der Waals surface area contributed by atoms with Gasteiger partial charge in [-0.15, -0.1) is 0 Å². The Hall–Kier alpha value is -0.410. The third-order valence-corrected chi connectivity index (χ3v) is 3.84. The number of benzene rings is 1. The summed E-state index contributed by atoms with van der Waals surface area (Å²) in [5.74, 6) is 0.491. The molecule has 0 heterocycles. The monoisotopic (exact) mass is 300 g/mol. The van der Waals surface area contributed by atoms with Crippen molar-refractivity contribution in [2.75, 3.05) is 6.61 Å². The van der Waals surface area contributed by atoms with E-state index in [0.29, 0.717) is 18.1 Å². The number of hydrogen-bond acceptors (Lipinski definition) is 1. The fourth-order valence-corrected chi connectivity index (χ4v) is 2.66. The molecule has 0 amide bonds. The summed E-state index contributed by atoms with van der Waals surface area (Å²) in [7, 11) is 0. The fraction of sp³-hybridized carbons (Fsp3) is 0.571. The van der Waals surface area contributed by atoms with Crippen molar-refractivity contribution in [2.24, 2.45) is 5.92 Å². The van der Waals surface area contributed by atoms with Gasteiger partial charge in [-0.25, -0.2) is 4.39 Å². The predicted molar refractivity (Wildman–Crippen MR) is 70.3 cm³/mol. The Morgan fingerprint density at radius 3 is 2.71 bits per heavy atom. The quantitative estimate of drug-likeness (QED) is 0.784. The number of halogens is 2. The van der Waals surface area contributed by atoms with E-state index in [0.717, 1.165) is 11.1 Å². The summed E-state index contributed by atoms with van der Waals surface area (Å²) in [6, 6.07) is 5.11. The highest BCUT2D eigenvalue weighted by atomic mass is 79.9. The van der Waals surface area contributed by atoms with E-state index in [-0.39, 0.29) is 5.82 Å². The lowest BCUT2D eigenvalue weighted by atomic mass is 9.90. The largest absolute Gasteiger partial charge is 0.376 e. The zero-order valence-corrected chi connectivity index (χ0v) is 11.5. The van der Waals surface area contributed by atoms with Crippen LogP contribution in [0.3, 0.4) is 0 Å². The van der Waals surface area contributed by atoms with E-state index in [4.69, 9.17) is 4.74 Å². The van der Waals surface area contributed by atoms with E-state index < -0.39 is 0 Å². The van der Waals surface area contributed by atoms with Gasteiger partial charge < -0.3 is 4.74 Å². The van der Waals surface area contributed by atoms with Crippen LogP contribution in [0.5, 0.6) is 0 Å². The van der Waals surface area contributed by atoms with Crippen LogP contribution < -0.4 is 0 Å². The van der Waals surface area contributed by atoms with Gasteiger partial charge in [0.1, 0.15) is 5.82 Å². The molecular formula is C14H18BrFO. The van der Waals surface area contributed by atoms with Crippen LogP contribution >= 0.6 is 15.9 Å². The van der Waals surface area contributed by atoms with E-state index in [9.17, 15) is 4.39 Å². The first kappa shape index (κ1) is 13.0. The summed E-state index contributed by atoms with van der Waals surface area (Å²) in [5, 5.41) is 0. The molecule has 1 aliphatic rings. The smallest absolute Gasteiger partial charge is 0.129 e. The second kappa shape index (κ2) is 6.50. The van der Waals surface area contributed by atoms with Crippen molar-refractivity contribution >= 4 is 15.9 Å². The van der Waals surface area contributed by atoms with Crippen LogP contribution in [-0.4, -0.2) is 6.61 Å². The van der Waals surface area contributed by atoms with E-state index in [1.165, 1.54) is 38.2 Å². The lowest BCUT2D eigenvalue weighted by Crippen LogP contribution is -2.13. The van der Waals surface area contributed by atoms with Gasteiger partial charge in [0.05, 0.1) is 6.61 Å². The summed E-state index contributed by atoms with van der Waals surface area (Å²) in [5.41, 5.74) is 0.643. The molecule has 1 nitrogen and oxygen atoms in total. The Kier molecular flexibility index (Phi) is 4.99. The maximum atomic E-state index is 13.5. The van der Waals surface area contributed by atoms with Crippen LogP contribution in [0.25, 0.3) is 0 Å². The Morgan fingerprint density at radius 2 is 2.00 bits per heavy atom. The van der Waals surface area contributed by atoms with Gasteiger partial charge in [0, 0.05) is 16.6 Å². The second-order valence-electron chi connectivity index (χ2n) is 4.75. The Morgan fingerprint density at radius 1 is 1.24 bits per heavy atom. The zero-order valence-electron chi connectivity index (χ0n) is 9.92. The molecule has 17 heavy (non-hydrogen) atoms. The lowest BCUT2D eigenvalue weighted by molar-refractivity contribution is 0.0723. The first-order chi connectivity index (χ1) is 8.25. The van der Waals surface area contributed by atoms with Crippen LogP contribution in [-0.2, 0) is 11.3 Å². The molecule has 1 fully saturated rings. The molecule has 0 atom stereocenters. The molecule has 1 aromatic carbocycles. The fourth-order valence-electron chi connectivity index (χ4n) is 2.33. The van der Waals surface area contributed by atoms with Gasteiger partial charge in [0.2, 0.25) is 0 Å². The van der Waals surface area contributed by atoms with Crippen LogP contribution in [0.2, 0.25) is 0 Å². The molecule has 3 heteroatoms. The van der Waals surface area contributed by atoms with Crippen molar-refractivity contribution < 1.29 is 9.13 Å². The van der Waals surface area contributed by atoms with Crippen molar-refractivity contribution in [3.63, 3.8) is 0 Å². The summed E-state index contributed by atoms with van der Waals surface area (Å²) in [6.45, 7) is 1.16. The van der Waals surface area contributed by atoms with Gasteiger partial charge in [0.15, 0.2) is 0 Å². The summed E-state index contributed by atoms with van der Waals surface area (Å²) < 4.78 is 19.9. The van der Waals surface area contributed by atoms with Crippen LogP contribution in [0.1, 0.15) is 37.7 Å².